The van der Waals surface area contributed by atoms with Gasteiger partial charge in [-0.3, -0.25) is 10.0 Å². The van der Waals surface area contributed by atoms with Gasteiger partial charge in [0, 0.05) is 26.6 Å². The highest BCUT2D eigenvalue weighted by atomic mass is 16.5. The van der Waals surface area contributed by atoms with Crippen molar-refractivity contribution in [3.8, 4) is 0 Å². The number of carbonyl (C=O) groups excluding carboxylic acids is 3. The van der Waals surface area contributed by atoms with Crippen LogP contribution in [0.2, 0.25) is 0 Å². The van der Waals surface area contributed by atoms with E-state index in [-0.39, 0.29) is 25.0 Å². The van der Waals surface area contributed by atoms with Gasteiger partial charge in [0.2, 0.25) is 5.91 Å². The molecule has 108 valence electrons. The predicted octanol–water partition coefficient (Wildman–Crippen LogP) is -0.573. The Morgan fingerprint density at radius 1 is 1.53 bits per heavy atom. The van der Waals surface area contributed by atoms with E-state index >= 15 is 0 Å². The van der Waals surface area contributed by atoms with Gasteiger partial charge in [0.05, 0.1) is 0 Å². The quantitative estimate of drug-likeness (QED) is 0.406. The van der Waals surface area contributed by atoms with Crippen LogP contribution in [-0.2, 0) is 14.3 Å². The van der Waals surface area contributed by atoms with Crippen LogP contribution in [0.1, 0.15) is 12.8 Å². The molecule has 3 amide bonds. The number of likely N-dealkylation sites (tertiary alicyclic amines) is 1. The Kier molecular flexibility index (Phi) is 5.71. The normalized spacial score (nSPS) is 22.8. The number of hydrogen-bond acceptors (Lipinski definition) is 5. The molecule has 0 bridgehead atoms. The molecule has 1 saturated heterocycles. The number of amides is 3. The highest BCUT2D eigenvalue weighted by molar-refractivity contribution is 5.79. The summed E-state index contributed by atoms with van der Waals surface area (Å²) in [4.78, 5) is 36.8. The topological polar surface area (TPSA) is 99.2 Å². The molecule has 0 radical (unpaired) electrons. The van der Waals surface area contributed by atoms with Crippen LogP contribution in [-0.4, -0.2) is 66.7 Å². The number of methoxy groups -OCH3 is 1. The average Bonchev–Trinajstić information content (AvgIpc) is 2.45. The molecule has 1 rings (SSSR count). The third kappa shape index (κ3) is 3.65. The molecule has 1 fully saturated rings. The van der Waals surface area contributed by atoms with Crippen molar-refractivity contribution in [3.63, 3.8) is 0 Å². The fraction of sp³-hybridized carbons (Fsp3) is 0.727. The van der Waals surface area contributed by atoms with Crippen LogP contribution >= 0.6 is 0 Å². The zero-order chi connectivity index (χ0) is 14.4. The summed E-state index contributed by atoms with van der Waals surface area (Å²) in [6, 6.07) is -0.728. The summed E-state index contributed by atoms with van der Waals surface area (Å²) in [5.74, 6) is -0.549. The number of piperidine rings is 1. The van der Waals surface area contributed by atoms with E-state index in [1.165, 1.54) is 22.4 Å². The fourth-order valence-electron chi connectivity index (χ4n) is 2.17. The maximum absolute atomic E-state index is 11.8. The highest BCUT2D eigenvalue weighted by Crippen LogP contribution is 2.23. The first-order valence-electron chi connectivity index (χ1n) is 5.95. The van der Waals surface area contributed by atoms with Gasteiger partial charge in [-0.25, -0.2) is 10.3 Å². The van der Waals surface area contributed by atoms with Crippen LogP contribution in [0, 0.1) is 5.92 Å². The van der Waals surface area contributed by atoms with Crippen molar-refractivity contribution in [2.24, 2.45) is 5.92 Å². The Morgan fingerprint density at radius 2 is 2.21 bits per heavy atom. The van der Waals surface area contributed by atoms with Crippen LogP contribution in [0.5, 0.6) is 0 Å². The van der Waals surface area contributed by atoms with Crippen molar-refractivity contribution in [1.29, 1.82) is 0 Å². The van der Waals surface area contributed by atoms with Gasteiger partial charge in [0.25, 0.3) is 0 Å². The smallest absolute Gasteiger partial charge is 0.342 e. The maximum Gasteiger partial charge on any atom is 0.342 e. The second kappa shape index (κ2) is 7.05. The summed E-state index contributed by atoms with van der Waals surface area (Å²) in [7, 11) is 2.97. The number of ether oxygens (including phenoxy) is 1. The lowest BCUT2D eigenvalue weighted by atomic mass is 9.97. The molecule has 1 heterocycles. The number of hydrogen-bond donors (Lipinski definition) is 2. The third-order valence-corrected chi connectivity index (χ3v) is 3.24. The van der Waals surface area contributed by atoms with Crippen LogP contribution in [0.4, 0.5) is 4.79 Å². The van der Waals surface area contributed by atoms with Gasteiger partial charge in [-0.05, 0) is 12.8 Å². The minimum Gasteiger partial charge on any atom is -0.375 e. The van der Waals surface area contributed by atoms with E-state index in [1.807, 2.05) is 0 Å². The Balaban J connectivity index is 2.81. The molecular weight excluding hydrogens is 254 g/mol. The number of urea groups is 1. The van der Waals surface area contributed by atoms with Gasteiger partial charge in [-0.15, -0.1) is 0 Å². The third-order valence-electron chi connectivity index (χ3n) is 3.24. The number of rotatable bonds is 4. The van der Waals surface area contributed by atoms with Gasteiger partial charge in [0.1, 0.15) is 19.1 Å². The van der Waals surface area contributed by atoms with E-state index in [4.69, 9.17) is 9.94 Å². The highest BCUT2D eigenvalue weighted by Gasteiger charge is 2.35. The van der Waals surface area contributed by atoms with E-state index in [0.717, 1.165) is 6.29 Å². The fourth-order valence-corrected chi connectivity index (χ4v) is 2.17. The Morgan fingerprint density at radius 3 is 2.74 bits per heavy atom. The molecule has 0 aromatic carbocycles. The maximum atomic E-state index is 11.8. The van der Waals surface area contributed by atoms with Gasteiger partial charge in [-0.2, -0.15) is 0 Å². The molecule has 8 heteroatoms. The number of likely N-dealkylation sites (N-methyl/N-ethyl adjacent to an activating group) is 1. The number of nitrogens with one attached hydrogen (secondary N) is 1. The molecule has 0 unspecified atom stereocenters. The molecule has 19 heavy (non-hydrogen) atoms. The van der Waals surface area contributed by atoms with E-state index in [1.54, 1.807) is 7.05 Å². The first-order chi connectivity index (χ1) is 9.04. The summed E-state index contributed by atoms with van der Waals surface area (Å²) in [5.41, 5.74) is 1.54. The standard InChI is InChI=1S/C11H19N3O5/c1-13(10(16)7-19-2)9-4-3-8(6-15)5-14(9)11(17)12-18/h6,8-9,18H,3-5,7H2,1-2H3,(H,12,17)/t8-,9+/m1/s1. The summed E-state index contributed by atoms with van der Waals surface area (Å²) in [6.45, 7) is 0.0872. The van der Waals surface area contributed by atoms with Crippen molar-refractivity contribution in [2.45, 2.75) is 19.0 Å². The number of nitrogens with zero attached hydrogens (tertiary/aromatic N) is 2. The molecule has 0 aromatic rings. The first-order valence-corrected chi connectivity index (χ1v) is 5.95. The lowest BCUT2D eigenvalue weighted by molar-refractivity contribution is -0.140. The van der Waals surface area contributed by atoms with Crippen LogP contribution in [0.15, 0.2) is 0 Å². The summed E-state index contributed by atoms with van der Waals surface area (Å²) in [5, 5.41) is 8.73. The molecular formula is C11H19N3O5. The lowest BCUT2D eigenvalue weighted by Gasteiger charge is -2.42. The minimum atomic E-state index is -0.728. The number of hydroxylamine groups is 1. The molecule has 2 N–H and O–H groups in total. The van der Waals surface area contributed by atoms with Gasteiger partial charge in [0.15, 0.2) is 0 Å². The second-order valence-electron chi connectivity index (χ2n) is 4.46. The van der Waals surface area contributed by atoms with Crippen molar-refractivity contribution in [3.05, 3.63) is 0 Å². The summed E-state index contributed by atoms with van der Waals surface area (Å²) < 4.78 is 4.76. The van der Waals surface area contributed by atoms with Crippen LogP contribution in [0.3, 0.4) is 0 Å². The monoisotopic (exact) mass is 273 g/mol. The molecule has 0 spiro atoms. The second-order valence-corrected chi connectivity index (χ2v) is 4.46. The zero-order valence-electron chi connectivity index (χ0n) is 11.0. The van der Waals surface area contributed by atoms with Crippen LogP contribution in [0.25, 0.3) is 0 Å². The Hall–Kier alpha value is -1.67. The first kappa shape index (κ1) is 15.4. The van der Waals surface area contributed by atoms with E-state index in [9.17, 15) is 14.4 Å². The largest absolute Gasteiger partial charge is 0.375 e. The molecule has 2 atom stereocenters. The van der Waals surface area contributed by atoms with Crippen molar-refractivity contribution < 1.29 is 24.3 Å². The molecule has 1 aliphatic rings. The summed E-state index contributed by atoms with van der Waals surface area (Å²) in [6.07, 6.45) is 1.35. The summed E-state index contributed by atoms with van der Waals surface area (Å²) >= 11 is 0. The average molecular weight is 273 g/mol. The number of carbonyl (C=O) groups is 3. The molecule has 8 nitrogen and oxygen atoms in total. The lowest BCUT2D eigenvalue weighted by Crippen LogP contribution is -2.58. The minimum absolute atomic E-state index is 0.0846. The van der Waals surface area contributed by atoms with Crippen molar-refractivity contribution >= 4 is 18.2 Å². The van der Waals surface area contributed by atoms with Crippen molar-refractivity contribution in [2.75, 3.05) is 27.3 Å². The predicted molar refractivity (Wildman–Crippen MR) is 64.2 cm³/mol. The van der Waals surface area contributed by atoms with Gasteiger partial charge < -0.3 is 19.3 Å². The van der Waals surface area contributed by atoms with E-state index < -0.39 is 12.2 Å². The van der Waals surface area contributed by atoms with E-state index in [0.29, 0.717) is 12.8 Å². The van der Waals surface area contributed by atoms with Gasteiger partial charge in [-0.1, -0.05) is 0 Å². The van der Waals surface area contributed by atoms with Crippen molar-refractivity contribution in [1.82, 2.24) is 15.3 Å². The molecule has 0 aliphatic carbocycles. The Bertz CT molecular complexity index is 349. The molecule has 0 aromatic heterocycles. The SMILES string of the molecule is COCC(=O)N(C)[C@@H]1CC[C@@H](C=O)CN1C(=O)NO. The van der Waals surface area contributed by atoms with Crippen LogP contribution < -0.4 is 5.48 Å². The van der Waals surface area contributed by atoms with E-state index in [2.05, 4.69) is 0 Å². The zero-order valence-corrected chi connectivity index (χ0v) is 11.0. The molecule has 1 aliphatic heterocycles. The Labute approximate surface area is 111 Å². The van der Waals surface area contributed by atoms with Gasteiger partial charge >= 0.3 is 6.03 Å². The molecule has 0 saturated carbocycles. The number of aldehydes is 1.